The Kier molecular flexibility index (Phi) is 11.2. The van der Waals surface area contributed by atoms with Gasteiger partial charge in [0.15, 0.2) is 0 Å². The number of halogens is 3. The summed E-state index contributed by atoms with van der Waals surface area (Å²) in [5.41, 5.74) is 0.983. The van der Waals surface area contributed by atoms with E-state index in [0.717, 1.165) is 12.3 Å². The summed E-state index contributed by atoms with van der Waals surface area (Å²) >= 11 is 0. The van der Waals surface area contributed by atoms with Crippen LogP contribution in [0.1, 0.15) is 34.8 Å². The van der Waals surface area contributed by atoms with E-state index in [-0.39, 0.29) is 29.4 Å². The zero-order chi connectivity index (χ0) is 33.1. The van der Waals surface area contributed by atoms with E-state index in [1.54, 1.807) is 54.6 Å². The maximum atomic E-state index is 14.0. The lowest BCUT2D eigenvalue weighted by molar-refractivity contribution is -0.137. The van der Waals surface area contributed by atoms with E-state index >= 15 is 0 Å². The fourth-order valence-corrected chi connectivity index (χ4v) is 4.27. The summed E-state index contributed by atoms with van der Waals surface area (Å²) in [6.07, 6.45) is -0.622. The second-order valence-corrected chi connectivity index (χ2v) is 9.82. The molecule has 0 saturated heterocycles. The molecule has 2 amide bonds. The van der Waals surface area contributed by atoms with Crippen LogP contribution >= 0.6 is 0 Å². The Morgan fingerprint density at radius 2 is 1.74 bits per heavy atom. The first-order chi connectivity index (χ1) is 22.1. The molecular formula is C34H32F3N5O4. The Bertz CT molecular complexity index is 1730. The van der Waals surface area contributed by atoms with E-state index in [2.05, 4.69) is 39.1 Å². The van der Waals surface area contributed by atoms with Gasteiger partial charge < -0.3 is 25.4 Å². The molecule has 9 nitrogen and oxygen atoms in total. The Morgan fingerprint density at radius 3 is 2.48 bits per heavy atom. The SMILES string of the molecule is C=CCCOc1cccc(-c2nc(Nc3cc(COCC)cc(NC(=O)c4cccc(NC(=O)C=C)c4)c3)ncc2C(F)(F)F)c1. The summed E-state index contributed by atoms with van der Waals surface area (Å²) in [5.74, 6) is -0.594. The van der Waals surface area contributed by atoms with Crippen LogP contribution in [0, 0.1) is 0 Å². The van der Waals surface area contributed by atoms with Gasteiger partial charge in [-0.15, -0.1) is 6.58 Å². The van der Waals surface area contributed by atoms with Crippen molar-refractivity contribution in [2.75, 3.05) is 29.2 Å². The summed E-state index contributed by atoms with van der Waals surface area (Å²) in [4.78, 5) is 33.0. The van der Waals surface area contributed by atoms with Crippen molar-refractivity contribution in [3.63, 3.8) is 0 Å². The van der Waals surface area contributed by atoms with Gasteiger partial charge in [-0.3, -0.25) is 9.59 Å². The van der Waals surface area contributed by atoms with E-state index in [1.807, 2.05) is 6.92 Å². The smallest absolute Gasteiger partial charge is 0.419 e. The number of nitrogens with zero attached hydrogens (tertiary/aromatic N) is 2. The number of carbonyl (C=O) groups is 2. The van der Waals surface area contributed by atoms with E-state index in [9.17, 15) is 22.8 Å². The topological polar surface area (TPSA) is 114 Å². The minimum atomic E-state index is -4.71. The van der Waals surface area contributed by atoms with Gasteiger partial charge in [0.1, 0.15) is 11.3 Å². The van der Waals surface area contributed by atoms with E-state index in [1.165, 1.54) is 18.2 Å². The van der Waals surface area contributed by atoms with Gasteiger partial charge in [-0.1, -0.05) is 30.9 Å². The van der Waals surface area contributed by atoms with Gasteiger partial charge in [0, 0.05) is 41.0 Å². The minimum Gasteiger partial charge on any atom is -0.493 e. The fraction of sp³-hybridized carbons (Fsp3) is 0.176. The van der Waals surface area contributed by atoms with Crippen LogP contribution < -0.4 is 20.7 Å². The molecule has 4 aromatic rings. The van der Waals surface area contributed by atoms with Crippen LogP contribution in [0.15, 0.2) is 98.2 Å². The molecule has 0 saturated carbocycles. The summed E-state index contributed by atoms with van der Waals surface area (Å²) in [5, 5.41) is 8.38. The molecule has 0 aliphatic heterocycles. The van der Waals surface area contributed by atoms with Crippen LogP contribution in [0.5, 0.6) is 5.75 Å². The molecule has 0 spiro atoms. The van der Waals surface area contributed by atoms with Gasteiger partial charge in [0.2, 0.25) is 11.9 Å². The number of hydrogen-bond acceptors (Lipinski definition) is 7. The molecular weight excluding hydrogens is 599 g/mol. The summed E-state index contributed by atoms with van der Waals surface area (Å²) < 4.78 is 53.2. The number of nitrogens with one attached hydrogen (secondary N) is 3. The van der Waals surface area contributed by atoms with Gasteiger partial charge in [-0.25, -0.2) is 9.97 Å². The van der Waals surface area contributed by atoms with Gasteiger partial charge >= 0.3 is 6.18 Å². The molecule has 0 radical (unpaired) electrons. The molecule has 0 fully saturated rings. The molecule has 0 bridgehead atoms. The summed E-state index contributed by atoms with van der Waals surface area (Å²) in [6, 6.07) is 17.6. The molecule has 0 unspecified atom stereocenters. The van der Waals surface area contributed by atoms with E-state index < -0.39 is 23.6 Å². The number of benzene rings is 3. The molecule has 1 heterocycles. The van der Waals surface area contributed by atoms with Crippen LogP contribution in [0.3, 0.4) is 0 Å². The van der Waals surface area contributed by atoms with Crippen LogP contribution in [0.4, 0.5) is 36.2 Å². The molecule has 238 valence electrons. The van der Waals surface area contributed by atoms with Gasteiger partial charge in [-0.05, 0) is 73.5 Å². The van der Waals surface area contributed by atoms with E-state index in [4.69, 9.17) is 9.47 Å². The van der Waals surface area contributed by atoms with Crippen molar-refractivity contribution in [2.24, 2.45) is 0 Å². The molecule has 12 heteroatoms. The first-order valence-electron chi connectivity index (χ1n) is 14.2. The van der Waals surface area contributed by atoms with Crippen molar-refractivity contribution in [2.45, 2.75) is 26.1 Å². The number of alkyl halides is 3. The first-order valence-corrected chi connectivity index (χ1v) is 14.2. The van der Waals surface area contributed by atoms with Crippen molar-refractivity contribution in [1.29, 1.82) is 0 Å². The number of ether oxygens (including phenoxy) is 2. The number of anilines is 4. The number of carbonyl (C=O) groups excluding carboxylic acids is 2. The second kappa shape index (κ2) is 15.5. The second-order valence-electron chi connectivity index (χ2n) is 9.82. The molecule has 0 aliphatic carbocycles. The number of aromatic nitrogens is 2. The Labute approximate surface area is 264 Å². The molecule has 0 aliphatic rings. The monoisotopic (exact) mass is 631 g/mol. The lowest BCUT2D eigenvalue weighted by atomic mass is 10.1. The highest BCUT2D eigenvalue weighted by Gasteiger charge is 2.35. The number of hydrogen-bond donors (Lipinski definition) is 3. The molecule has 0 atom stereocenters. The van der Waals surface area contributed by atoms with Crippen molar-refractivity contribution in [3.8, 4) is 17.0 Å². The van der Waals surface area contributed by atoms with Crippen molar-refractivity contribution in [1.82, 2.24) is 9.97 Å². The molecule has 4 rings (SSSR count). The molecule has 46 heavy (non-hydrogen) atoms. The molecule has 3 N–H and O–H groups in total. The first kappa shape index (κ1) is 33.4. The predicted octanol–water partition coefficient (Wildman–Crippen LogP) is 7.77. The third-order valence-electron chi connectivity index (χ3n) is 6.35. The average molecular weight is 632 g/mol. The third-order valence-corrected chi connectivity index (χ3v) is 6.35. The van der Waals surface area contributed by atoms with Crippen LogP contribution in [0.2, 0.25) is 0 Å². The number of rotatable bonds is 14. The molecule has 1 aromatic heterocycles. The van der Waals surface area contributed by atoms with E-state index in [0.29, 0.717) is 48.0 Å². The predicted molar refractivity (Wildman–Crippen MR) is 171 cm³/mol. The lowest BCUT2D eigenvalue weighted by Crippen LogP contribution is -2.14. The van der Waals surface area contributed by atoms with Crippen molar-refractivity contribution in [3.05, 3.63) is 115 Å². The Hall–Kier alpha value is -5.49. The quantitative estimate of drug-likeness (QED) is 0.0740. The highest BCUT2D eigenvalue weighted by molar-refractivity contribution is 6.06. The molecule has 3 aromatic carbocycles. The van der Waals surface area contributed by atoms with Crippen LogP contribution in [-0.4, -0.2) is 35.0 Å². The number of amides is 2. The van der Waals surface area contributed by atoms with Crippen molar-refractivity contribution >= 4 is 34.8 Å². The zero-order valence-corrected chi connectivity index (χ0v) is 25.0. The Balaban J connectivity index is 1.65. The summed E-state index contributed by atoms with van der Waals surface area (Å²) in [6.45, 7) is 9.85. The highest BCUT2D eigenvalue weighted by Crippen LogP contribution is 2.37. The normalized spacial score (nSPS) is 11.0. The zero-order valence-electron chi connectivity index (χ0n) is 25.0. The Morgan fingerprint density at radius 1 is 0.957 bits per heavy atom. The van der Waals surface area contributed by atoms with Gasteiger partial charge in [-0.2, -0.15) is 13.2 Å². The fourth-order valence-electron chi connectivity index (χ4n) is 4.27. The minimum absolute atomic E-state index is 0.0996. The van der Waals surface area contributed by atoms with Gasteiger partial charge in [0.25, 0.3) is 5.91 Å². The van der Waals surface area contributed by atoms with Gasteiger partial charge in [0.05, 0.1) is 18.9 Å². The maximum absolute atomic E-state index is 14.0. The summed E-state index contributed by atoms with van der Waals surface area (Å²) in [7, 11) is 0. The van der Waals surface area contributed by atoms with Crippen LogP contribution in [-0.2, 0) is 22.3 Å². The maximum Gasteiger partial charge on any atom is 0.419 e. The largest absolute Gasteiger partial charge is 0.493 e. The van der Waals surface area contributed by atoms with Crippen LogP contribution in [0.25, 0.3) is 11.3 Å². The average Bonchev–Trinajstić information content (AvgIpc) is 3.03. The third kappa shape index (κ3) is 9.26. The highest BCUT2D eigenvalue weighted by atomic mass is 19.4. The standard InChI is InChI=1S/C34H32F3N5O4/c1-4-7-14-46-28-13-9-10-23(18-28)31-29(34(35,36)37)20-38-33(42-31)41-27-16-22(21-45-6-3)15-26(19-27)40-32(44)24-11-8-12-25(17-24)39-30(43)5-2/h4-5,8-13,15-20H,1-2,6-7,14,21H2,3H3,(H,39,43)(H,40,44)(H,38,41,42). The lowest BCUT2D eigenvalue weighted by Gasteiger charge is -2.16. The van der Waals surface area contributed by atoms with Crippen molar-refractivity contribution < 1.29 is 32.2 Å².